The van der Waals surface area contributed by atoms with Crippen LogP contribution in [0.4, 0.5) is 22.7 Å². The van der Waals surface area contributed by atoms with Crippen LogP contribution in [0.5, 0.6) is 0 Å². The van der Waals surface area contributed by atoms with Crippen molar-refractivity contribution in [1.82, 2.24) is 0 Å². The van der Waals surface area contributed by atoms with Gasteiger partial charge >= 0.3 is 5.97 Å². The van der Waals surface area contributed by atoms with Crippen LogP contribution in [0.3, 0.4) is 0 Å². The Labute approximate surface area is 212 Å². The molecule has 5 rings (SSSR count). The van der Waals surface area contributed by atoms with Crippen molar-refractivity contribution in [2.24, 2.45) is 10.1 Å². The predicted molar refractivity (Wildman–Crippen MR) is 141 cm³/mol. The topological polar surface area (TPSA) is 105 Å². The molecule has 2 aliphatic rings. The molecule has 0 fully saturated rings. The first-order chi connectivity index (χ1) is 17.5. The number of carbonyl (C=O) groups excluding carboxylic acids is 1. The van der Waals surface area contributed by atoms with Gasteiger partial charge in [0.15, 0.2) is 11.4 Å². The standard InChI is InChI=1S/C26H25N5O4S/c1-3-35-25(32)24-28-30(19-13-15-20(16-14-19)31(33)34)26(18-9-5-4-6-10-18)17-23(36-2)27-21-11-7-8-12-22(21)29(24)26/h4-16,31,33H,3,17H2,1-2H3. The normalized spacial score (nSPS) is 19.6. The maximum Gasteiger partial charge on any atom is 0.376 e. The number of aliphatic imine (C=N–C) groups is 1. The summed E-state index contributed by atoms with van der Waals surface area (Å²) in [7, 11) is 0. The van der Waals surface area contributed by atoms with Crippen molar-refractivity contribution in [3.63, 3.8) is 0 Å². The lowest BCUT2D eigenvalue weighted by atomic mass is 9.92. The number of nitrogens with zero attached hydrogens (tertiary/aromatic N) is 4. The van der Waals surface area contributed by atoms with Gasteiger partial charge in [0.05, 0.1) is 28.7 Å². The monoisotopic (exact) mass is 503 g/mol. The highest BCUT2D eigenvalue weighted by molar-refractivity contribution is 8.13. The summed E-state index contributed by atoms with van der Waals surface area (Å²) < 4.78 is 5.44. The molecule has 184 valence electrons. The van der Waals surface area contributed by atoms with Crippen LogP contribution in [0.2, 0.25) is 0 Å². The number of hydrogen-bond donors (Lipinski definition) is 2. The minimum absolute atomic E-state index is 0.132. The van der Waals surface area contributed by atoms with E-state index in [0.29, 0.717) is 12.1 Å². The maximum absolute atomic E-state index is 13.3. The number of carbonyl (C=O) groups is 1. The Morgan fingerprint density at radius 3 is 2.47 bits per heavy atom. The fourth-order valence-electron chi connectivity index (χ4n) is 4.61. The number of para-hydroxylation sites is 2. The molecule has 0 aliphatic carbocycles. The molecule has 2 N–H and O–H groups in total. The second-order valence-electron chi connectivity index (χ2n) is 8.20. The fourth-order valence-corrected chi connectivity index (χ4v) is 5.15. The molecular formula is C26H25N5O4S. The van der Waals surface area contributed by atoms with Crippen molar-refractivity contribution in [1.29, 1.82) is 0 Å². The van der Waals surface area contributed by atoms with Crippen LogP contribution in [0.15, 0.2) is 89.0 Å². The maximum atomic E-state index is 13.3. The van der Waals surface area contributed by atoms with Crippen LogP contribution in [0, 0.1) is 5.21 Å². The lowest BCUT2D eigenvalue weighted by Gasteiger charge is -2.44. The Bertz CT molecular complexity index is 1330. The summed E-state index contributed by atoms with van der Waals surface area (Å²) >= 11 is 1.54. The third kappa shape index (κ3) is 3.94. The van der Waals surface area contributed by atoms with Gasteiger partial charge in [0, 0.05) is 24.1 Å². The van der Waals surface area contributed by atoms with Crippen molar-refractivity contribution in [3.05, 3.63) is 89.6 Å². The fraction of sp³-hybridized carbons (Fsp3) is 0.192. The second-order valence-corrected chi connectivity index (χ2v) is 9.08. The average Bonchev–Trinajstić information content (AvgIpc) is 3.16. The molecule has 0 bridgehead atoms. The Balaban J connectivity index is 1.81. The Morgan fingerprint density at radius 1 is 1.11 bits per heavy atom. The number of fused-ring (bicyclic) bond motifs is 3. The number of quaternary nitrogens is 1. The van der Waals surface area contributed by atoms with E-state index >= 15 is 0 Å². The number of benzene rings is 3. The van der Waals surface area contributed by atoms with Crippen molar-refractivity contribution in [2.75, 3.05) is 22.8 Å². The number of anilines is 2. The minimum atomic E-state index is -1.02. The summed E-state index contributed by atoms with van der Waals surface area (Å²) in [6, 6.07) is 24.0. The number of amidine groups is 1. The average molecular weight is 504 g/mol. The van der Waals surface area contributed by atoms with Gasteiger partial charge in [0.25, 0.3) is 0 Å². The van der Waals surface area contributed by atoms with Gasteiger partial charge in [-0.1, -0.05) is 42.5 Å². The molecule has 10 heteroatoms. The van der Waals surface area contributed by atoms with Crippen molar-refractivity contribution in [2.45, 2.75) is 19.0 Å². The zero-order valence-corrected chi connectivity index (χ0v) is 20.6. The molecule has 0 spiro atoms. The van der Waals surface area contributed by atoms with Crippen LogP contribution in [0.25, 0.3) is 0 Å². The molecule has 0 saturated heterocycles. The molecule has 3 aromatic rings. The number of hydrazone groups is 1. The van der Waals surface area contributed by atoms with Crippen LogP contribution in [0.1, 0.15) is 18.9 Å². The first-order valence-electron chi connectivity index (χ1n) is 11.4. The molecule has 0 radical (unpaired) electrons. The van der Waals surface area contributed by atoms with Gasteiger partial charge in [-0.25, -0.2) is 20.0 Å². The third-order valence-corrected chi connectivity index (χ3v) is 6.89. The van der Waals surface area contributed by atoms with Gasteiger partial charge in [-0.15, -0.1) is 16.9 Å². The lowest BCUT2D eigenvalue weighted by molar-refractivity contribution is -0.991. The number of esters is 1. The molecule has 2 aliphatic heterocycles. The van der Waals surface area contributed by atoms with E-state index < -0.39 is 16.9 Å². The highest BCUT2D eigenvalue weighted by atomic mass is 32.2. The highest BCUT2D eigenvalue weighted by Crippen LogP contribution is 2.51. The van der Waals surface area contributed by atoms with Crippen molar-refractivity contribution < 1.29 is 20.0 Å². The largest absolute Gasteiger partial charge is 0.595 e. The van der Waals surface area contributed by atoms with Crippen LogP contribution < -0.4 is 15.1 Å². The number of thioether (sulfide) groups is 1. The zero-order valence-electron chi connectivity index (χ0n) is 19.8. The number of rotatable bonds is 5. The molecule has 2 heterocycles. The third-order valence-electron chi connectivity index (χ3n) is 6.18. The quantitative estimate of drug-likeness (QED) is 0.401. The van der Waals surface area contributed by atoms with E-state index in [0.717, 1.165) is 22.0 Å². The molecule has 9 nitrogen and oxygen atoms in total. The van der Waals surface area contributed by atoms with E-state index in [-0.39, 0.29) is 18.1 Å². The first-order valence-corrected chi connectivity index (χ1v) is 12.7. The van der Waals surface area contributed by atoms with E-state index in [1.54, 1.807) is 35.8 Å². The van der Waals surface area contributed by atoms with E-state index in [1.807, 2.05) is 65.8 Å². The second kappa shape index (κ2) is 9.75. The summed E-state index contributed by atoms with van der Waals surface area (Å²) in [5.41, 5.74) is 2.14. The lowest BCUT2D eigenvalue weighted by Crippen LogP contribution is -2.99. The van der Waals surface area contributed by atoms with E-state index in [1.165, 1.54) is 12.1 Å². The molecule has 3 aromatic carbocycles. The van der Waals surface area contributed by atoms with E-state index in [4.69, 9.17) is 14.8 Å². The molecule has 2 unspecified atom stereocenters. The van der Waals surface area contributed by atoms with E-state index in [2.05, 4.69) is 0 Å². The summed E-state index contributed by atoms with van der Waals surface area (Å²) in [6.45, 7) is 1.96. The number of nitrogens with one attached hydrogen (secondary N) is 1. The van der Waals surface area contributed by atoms with Crippen LogP contribution >= 0.6 is 11.8 Å². The Hall–Kier alpha value is -3.70. The van der Waals surface area contributed by atoms with Gasteiger partial charge < -0.3 is 9.94 Å². The first kappa shape index (κ1) is 24.0. The summed E-state index contributed by atoms with van der Waals surface area (Å²) in [6.07, 6.45) is 2.39. The Kier molecular flexibility index (Phi) is 6.50. The number of ether oxygens (including phenoxy) is 1. The zero-order chi connectivity index (χ0) is 25.3. The molecule has 0 saturated carbocycles. The molecule has 2 atom stereocenters. The van der Waals surface area contributed by atoms with Crippen molar-refractivity contribution in [3.8, 4) is 0 Å². The van der Waals surface area contributed by atoms with Crippen molar-refractivity contribution >= 4 is 51.4 Å². The van der Waals surface area contributed by atoms with Gasteiger partial charge in [-0.05, 0) is 37.4 Å². The van der Waals surface area contributed by atoms with Gasteiger partial charge in [-0.2, -0.15) is 5.23 Å². The molecule has 0 aromatic heterocycles. The molecular weight excluding hydrogens is 478 g/mol. The molecule has 0 amide bonds. The smallest absolute Gasteiger partial charge is 0.376 e. The Morgan fingerprint density at radius 2 is 1.81 bits per heavy atom. The summed E-state index contributed by atoms with van der Waals surface area (Å²) in [5, 5.41) is 27.4. The van der Waals surface area contributed by atoms with Crippen LogP contribution in [-0.2, 0) is 15.2 Å². The predicted octanol–water partition coefficient (Wildman–Crippen LogP) is 3.94. The summed E-state index contributed by atoms with van der Waals surface area (Å²) in [4.78, 5) is 20.2. The summed E-state index contributed by atoms with van der Waals surface area (Å²) in [5.74, 6) is -0.419. The minimum Gasteiger partial charge on any atom is -0.595 e. The van der Waals surface area contributed by atoms with Gasteiger partial charge in [0.1, 0.15) is 0 Å². The SMILES string of the molecule is CCOC(=O)C1=NN(c2ccc([NH+]([O-])O)cc2)C2(c3ccccc3)CC(SC)=Nc3ccccc3N12. The van der Waals surface area contributed by atoms with Gasteiger partial charge in [0.2, 0.25) is 5.84 Å². The van der Waals surface area contributed by atoms with Crippen LogP contribution in [-0.4, -0.2) is 34.9 Å². The van der Waals surface area contributed by atoms with Gasteiger partial charge in [-0.3, -0.25) is 4.90 Å². The number of hydrogen-bond acceptors (Lipinski definition) is 9. The van der Waals surface area contributed by atoms with E-state index in [9.17, 15) is 15.2 Å². The molecule has 36 heavy (non-hydrogen) atoms. The highest BCUT2D eigenvalue weighted by Gasteiger charge is 2.55.